The molecule has 1 aliphatic carbocycles. The van der Waals surface area contributed by atoms with Crippen molar-refractivity contribution < 1.29 is 0 Å². The van der Waals surface area contributed by atoms with Crippen molar-refractivity contribution >= 4 is 0 Å². The minimum absolute atomic E-state index is 0.501. The fraction of sp³-hybridized carbons (Fsp3) is 1.00. The summed E-state index contributed by atoms with van der Waals surface area (Å²) in [7, 11) is 0. The second kappa shape index (κ2) is 6.44. The molecule has 0 bridgehead atoms. The van der Waals surface area contributed by atoms with Crippen LogP contribution in [0.1, 0.15) is 65.2 Å². The van der Waals surface area contributed by atoms with Crippen LogP contribution in [-0.2, 0) is 0 Å². The number of hydrogen-bond donors (Lipinski definition) is 1. The van der Waals surface area contributed by atoms with Crippen LogP contribution in [0.3, 0.4) is 0 Å². The molecule has 1 rings (SSSR count). The highest BCUT2D eigenvalue weighted by Gasteiger charge is 2.16. The van der Waals surface area contributed by atoms with Crippen LogP contribution in [0.4, 0.5) is 0 Å². The molecule has 0 aromatic carbocycles. The van der Waals surface area contributed by atoms with E-state index in [4.69, 9.17) is 5.73 Å². The average Bonchev–Trinajstić information content (AvgIpc) is 2.29. The van der Waals surface area contributed by atoms with Crippen molar-refractivity contribution in [2.75, 3.05) is 0 Å². The standard InChI is InChI=1S/C13H27N/c1-11(2)6-5-8-12-7-3-4-9-13(14)10-12/h11-13H,3-10,14H2,1-2H3. The third-order valence-electron chi connectivity index (χ3n) is 3.47. The Morgan fingerprint density at radius 1 is 1.21 bits per heavy atom. The molecule has 1 heteroatoms. The highest BCUT2D eigenvalue weighted by molar-refractivity contribution is 4.73. The van der Waals surface area contributed by atoms with Crippen LogP contribution < -0.4 is 5.73 Å². The summed E-state index contributed by atoms with van der Waals surface area (Å²) in [5, 5.41) is 0. The van der Waals surface area contributed by atoms with E-state index < -0.39 is 0 Å². The Bertz CT molecular complexity index is 142. The zero-order chi connectivity index (χ0) is 10.4. The quantitative estimate of drug-likeness (QED) is 0.683. The Balaban J connectivity index is 2.15. The first kappa shape index (κ1) is 12.0. The van der Waals surface area contributed by atoms with Gasteiger partial charge in [-0.1, -0.05) is 52.4 Å². The Hall–Kier alpha value is -0.0400. The molecule has 0 heterocycles. The largest absolute Gasteiger partial charge is 0.328 e. The number of hydrogen-bond acceptors (Lipinski definition) is 1. The molecule has 1 nitrogen and oxygen atoms in total. The Kier molecular flexibility index (Phi) is 5.54. The van der Waals surface area contributed by atoms with Crippen molar-refractivity contribution in [3.05, 3.63) is 0 Å². The summed E-state index contributed by atoms with van der Waals surface area (Å²) >= 11 is 0. The van der Waals surface area contributed by atoms with E-state index in [-0.39, 0.29) is 0 Å². The third-order valence-corrected chi connectivity index (χ3v) is 3.47. The number of rotatable bonds is 4. The molecule has 0 radical (unpaired) electrons. The molecule has 0 aromatic heterocycles. The zero-order valence-corrected chi connectivity index (χ0v) is 9.97. The summed E-state index contributed by atoms with van der Waals surface area (Å²) in [5.41, 5.74) is 6.06. The van der Waals surface area contributed by atoms with E-state index in [1.54, 1.807) is 0 Å². The lowest BCUT2D eigenvalue weighted by atomic mass is 9.91. The van der Waals surface area contributed by atoms with Crippen molar-refractivity contribution in [3.8, 4) is 0 Å². The average molecular weight is 197 g/mol. The van der Waals surface area contributed by atoms with E-state index in [1.807, 2.05) is 0 Å². The second-order valence-electron chi connectivity index (χ2n) is 5.47. The molecule has 1 saturated carbocycles. The smallest absolute Gasteiger partial charge is 0.00414 e. The van der Waals surface area contributed by atoms with Crippen LogP contribution in [0.2, 0.25) is 0 Å². The molecule has 0 amide bonds. The van der Waals surface area contributed by atoms with Crippen LogP contribution in [0.5, 0.6) is 0 Å². The molecule has 0 spiro atoms. The van der Waals surface area contributed by atoms with E-state index in [0.717, 1.165) is 11.8 Å². The molecule has 14 heavy (non-hydrogen) atoms. The molecule has 0 saturated heterocycles. The molecule has 0 aliphatic heterocycles. The predicted octanol–water partition coefficient (Wildman–Crippen LogP) is 3.72. The molecule has 0 aromatic rings. The van der Waals surface area contributed by atoms with Crippen LogP contribution in [0, 0.1) is 11.8 Å². The first-order chi connectivity index (χ1) is 6.68. The van der Waals surface area contributed by atoms with Gasteiger partial charge in [-0.15, -0.1) is 0 Å². The summed E-state index contributed by atoms with van der Waals surface area (Å²) in [6, 6.07) is 0.501. The van der Waals surface area contributed by atoms with E-state index in [9.17, 15) is 0 Å². The van der Waals surface area contributed by atoms with Crippen LogP contribution in [-0.4, -0.2) is 6.04 Å². The maximum Gasteiger partial charge on any atom is 0.00414 e. The fourth-order valence-electron chi connectivity index (χ4n) is 2.58. The summed E-state index contributed by atoms with van der Waals surface area (Å²) in [6.45, 7) is 4.64. The summed E-state index contributed by atoms with van der Waals surface area (Å²) in [5.74, 6) is 1.81. The Labute approximate surface area is 89.5 Å². The van der Waals surface area contributed by atoms with Gasteiger partial charge in [0.1, 0.15) is 0 Å². The van der Waals surface area contributed by atoms with E-state index in [1.165, 1.54) is 51.4 Å². The number of nitrogens with two attached hydrogens (primary N) is 1. The van der Waals surface area contributed by atoms with Crippen LogP contribution in [0.25, 0.3) is 0 Å². The third kappa shape index (κ3) is 4.99. The van der Waals surface area contributed by atoms with E-state index in [0.29, 0.717) is 6.04 Å². The molecule has 2 N–H and O–H groups in total. The molecule has 2 unspecified atom stereocenters. The van der Waals surface area contributed by atoms with E-state index >= 15 is 0 Å². The maximum absolute atomic E-state index is 6.06. The van der Waals surface area contributed by atoms with Gasteiger partial charge in [0.25, 0.3) is 0 Å². The van der Waals surface area contributed by atoms with Gasteiger partial charge < -0.3 is 5.73 Å². The summed E-state index contributed by atoms with van der Waals surface area (Å²) in [4.78, 5) is 0. The van der Waals surface area contributed by atoms with Crippen molar-refractivity contribution in [1.29, 1.82) is 0 Å². The molecule has 84 valence electrons. The molecule has 2 atom stereocenters. The lowest BCUT2D eigenvalue weighted by molar-refractivity contribution is 0.377. The minimum Gasteiger partial charge on any atom is -0.328 e. The van der Waals surface area contributed by atoms with Gasteiger partial charge in [0.05, 0.1) is 0 Å². The van der Waals surface area contributed by atoms with Crippen molar-refractivity contribution in [3.63, 3.8) is 0 Å². The van der Waals surface area contributed by atoms with Gasteiger partial charge in [0, 0.05) is 6.04 Å². The van der Waals surface area contributed by atoms with Crippen molar-refractivity contribution in [2.45, 2.75) is 71.3 Å². The highest BCUT2D eigenvalue weighted by atomic mass is 14.6. The molecule has 1 fully saturated rings. The predicted molar refractivity (Wildman–Crippen MR) is 63.2 cm³/mol. The first-order valence-corrected chi connectivity index (χ1v) is 6.44. The van der Waals surface area contributed by atoms with Crippen molar-refractivity contribution in [2.24, 2.45) is 17.6 Å². The minimum atomic E-state index is 0.501. The molecular weight excluding hydrogens is 170 g/mol. The lowest BCUT2D eigenvalue weighted by Crippen LogP contribution is -2.21. The normalized spacial score (nSPS) is 29.1. The second-order valence-corrected chi connectivity index (χ2v) is 5.47. The Morgan fingerprint density at radius 2 is 1.93 bits per heavy atom. The van der Waals surface area contributed by atoms with Crippen LogP contribution >= 0.6 is 0 Å². The summed E-state index contributed by atoms with van der Waals surface area (Å²) < 4.78 is 0. The fourth-order valence-corrected chi connectivity index (χ4v) is 2.58. The first-order valence-electron chi connectivity index (χ1n) is 6.44. The zero-order valence-electron chi connectivity index (χ0n) is 9.97. The van der Waals surface area contributed by atoms with Gasteiger partial charge in [0.2, 0.25) is 0 Å². The van der Waals surface area contributed by atoms with Crippen LogP contribution in [0.15, 0.2) is 0 Å². The van der Waals surface area contributed by atoms with Gasteiger partial charge in [0.15, 0.2) is 0 Å². The van der Waals surface area contributed by atoms with Gasteiger partial charge in [-0.05, 0) is 24.7 Å². The van der Waals surface area contributed by atoms with Gasteiger partial charge in [-0.25, -0.2) is 0 Å². The molecular formula is C13H27N. The molecule has 1 aliphatic rings. The van der Waals surface area contributed by atoms with Gasteiger partial charge >= 0.3 is 0 Å². The lowest BCUT2D eigenvalue weighted by Gasteiger charge is -2.17. The Morgan fingerprint density at radius 3 is 2.64 bits per heavy atom. The van der Waals surface area contributed by atoms with E-state index in [2.05, 4.69) is 13.8 Å². The highest BCUT2D eigenvalue weighted by Crippen LogP contribution is 2.27. The maximum atomic E-state index is 6.06. The van der Waals surface area contributed by atoms with Gasteiger partial charge in [-0.3, -0.25) is 0 Å². The summed E-state index contributed by atoms with van der Waals surface area (Å²) in [6.07, 6.45) is 11.0. The monoisotopic (exact) mass is 197 g/mol. The SMILES string of the molecule is CC(C)CCCC1CCCCC(N)C1. The van der Waals surface area contributed by atoms with Gasteiger partial charge in [-0.2, -0.15) is 0 Å². The van der Waals surface area contributed by atoms with Crippen molar-refractivity contribution in [1.82, 2.24) is 0 Å². The topological polar surface area (TPSA) is 26.0 Å².